The zero-order chi connectivity index (χ0) is 15.6. The minimum absolute atomic E-state index is 0.240. The fourth-order valence-electron chi connectivity index (χ4n) is 3.80. The molecule has 0 radical (unpaired) electrons. The van der Waals surface area contributed by atoms with Crippen molar-refractivity contribution >= 4 is 5.91 Å². The van der Waals surface area contributed by atoms with Gasteiger partial charge in [-0.25, -0.2) is 0 Å². The Morgan fingerprint density at radius 1 is 1.13 bits per heavy atom. The number of benzene rings is 1. The number of rotatable bonds is 3. The number of hydrogen-bond donors (Lipinski definition) is 0. The summed E-state index contributed by atoms with van der Waals surface area (Å²) in [7, 11) is 0. The van der Waals surface area contributed by atoms with Gasteiger partial charge in [-0.1, -0.05) is 24.3 Å². The van der Waals surface area contributed by atoms with Crippen molar-refractivity contribution in [2.45, 2.75) is 25.3 Å². The number of aryl methyl sites for hydroxylation is 1. The molecule has 1 unspecified atom stereocenters. The fourth-order valence-corrected chi connectivity index (χ4v) is 3.80. The molecule has 1 saturated heterocycles. The topological polar surface area (TPSA) is 36.7 Å². The number of fused-ring (bicyclic) bond motifs is 3. The van der Waals surface area contributed by atoms with Crippen molar-refractivity contribution in [2.75, 3.05) is 26.2 Å². The van der Waals surface area contributed by atoms with Gasteiger partial charge in [0.1, 0.15) is 5.76 Å². The molecule has 4 nitrogen and oxygen atoms in total. The van der Waals surface area contributed by atoms with Gasteiger partial charge in [0.15, 0.2) is 0 Å². The SMILES string of the molecule is O=C(CCc1ccco1)N1CCN2CCc3ccccc3C2C1. The summed E-state index contributed by atoms with van der Waals surface area (Å²) in [6.45, 7) is 3.74. The summed E-state index contributed by atoms with van der Waals surface area (Å²) < 4.78 is 5.32. The van der Waals surface area contributed by atoms with Crippen LogP contribution in [0.25, 0.3) is 0 Å². The van der Waals surface area contributed by atoms with Gasteiger partial charge in [0.25, 0.3) is 0 Å². The fraction of sp³-hybridized carbons (Fsp3) is 0.421. The lowest BCUT2D eigenvalue weighted by Crippen LogP contribution is -2.52. The average molecular weight is 310 g/mol. The molecule has 0 bridgehead atoms. The van der Waals surface area contributed by atoms with E-state index in [1.807, 2.05) is 17.0 Å². The Hall–Kier alpha value is -2.07. The van der Waals surface area contributed by atoms with Crippen molar-refractivity contribution in [2.24, 2.45) is 0 Å². The van der Waals surface area contributed by atoms with Crippen molar-refractivity contribution in [3.8, 4) is 0 Å². The smallest absolute Gasteiger partial charge is 0.223 e. The molecule has 4 heteroatoms. The lowest BCUT2D eigenvalue weighted by atomic mass is 9.91. The predicted octanol–water partition coefficient (Wildman–Crippen LogP) is 2.65. The van der Waals surface area contributed by atoms with Gasteiger partial charge in [-0.05, 0) is 29.7 Å². The molecule has 1 atom stereocenters. The minimum atomic E-state index is 0.240. The lowest BCUT2D eigenvalue weighted by molar-refractivity contribution is -0.134. The summed E-state index contributed by atoms with van der Waals surface area (Å²) in [5.41, 5.74) is 2.85. The second-order valence-corrected chi connectivity index (χ2v) is 6.42. The highest BCUT2D eigenvalue weighted by Crippen LogP contribution is 2.32. The van der Waals surface area contributed by atoms with Crippen LogP contribution in [0.4, 0.5) is 0 Å². The predicted molar refractivity (Wildman–Crippen MR) is 88.1 cm³/mol. The summed E-state index contributed by atoms with van der Waals surface area (Å²) in [6, 6.07) is 12.8. The Kier molecular flexibility index (Phi) is 3.92. The summed E-state index contributed by atoms with van der Waals surface area (Å²) in [4.78, 5) is 17.1. The summed E-state index contributed by atoms with van der Waals surface area (Å²) in [5, 5.41) is 0. The molecule has 0 aliphatic carbocycles. The Morgan fingerprint density at radius 3 is 2.91 bits per heavy atom. The van der Waals surface area contributed by atoms with Crippen molar-refractivity contribution in [1.82, 2.24) is 9.80 Å². The first-order chi connectivity index (χ1) is 11.3. The standard InChI is InChI=1S/C19H22N2O2/c22-19(8-7-16-5-3-13-23-16)21-12-11-20-10-9-15-4-1-2-6-17(15)18(20)14-21/h1-6,13,18H,7-12,14H2. The van der Waals surface area contributed by atoms with E-state index in [9.17, 15) is 4.79 Å². The highest BCUT2D eigenvalue weighted by atomic mass is 16.3. The number of carbonyl (C=O) groups excluding carboxylic acids is 1. The van der Waals surface area contributed by atoms with Crippen LogP contribution in [0.5, 0.6) is 0 Å². The molecule has 120 valence electrons. The molecular weight excluding hydrogens is 288 g/mol. The maximum atomic E-state index is 12.5. The van der Waals surface area contributed by atoms with Gasteiger partial charge in [0, 0.05) is 39.0 Å². The van der Waals surface area contributed by atoms with E-state index in [0.717, 1.165) is 38.4 Å². The van der Waals surface area contributed by atoms with Crippen LogP contribution in [0.3, 0.4) is 0 Å². The number of amides is 1. The Bertz CT molecular complexity index is 680. The molecule has 3 heterocycles. The molecule has 2 aliphatic rings. The van der Waals surface area contributed by atoms with E-state index in [0.29, 0.717) is 18.9 Å². The van der Waals surface area contributed by atoms with E-state index in [-0.39, 0.29) is 5.91 Å². The highest BCUT2D eigenvalue weighted by Gasteiger charge is 2.33. The van der Waals surface area contributed by atoms with E-state index in [4.69, 9.17) is 4.42 Å². The Labute approximate surface area is 136 Å². The zero-order valence-corrected chi connectivity index (χ0v) is 13.3. The van der Waals surface area contributed by atoms with Crippen molar-refractivity contribution in [3.05, 3.63) is 59.5 Å². The van der Waals surface area contributed by atoms with Gasteiger partial charge in [-0.15, -0.1) is 0 Å². The molecule has 1 aromatic heterocycles. The molecule has 23 heavy (non-hydrogen) atoms. The second-order valence-electron chi connectivity index (χ2n) is 6.42. The molecule has 0 saturated carbocycles. The Morgan fingerprint density at radius 2 is 2.04 bits per heavy atom. The molecule has 1 aromatic carbocycles. The molecule has 0 N–H and O–H groups in total. The van der Waals surface area contributed by atoms with Gasteiger partial charge in [0.2, 0.25) is 5.91 Å². The van der Waals surface area contributed by atoms with Gasteiger partial charge in [-0.3, -0.25) is 9.69 Å². The monoisotopic (exact) mass is 310 g/mol. The van der Waals surface area contributed by atoms with Crippen molar-refractivity contribution in [1.29, 1.82) is 0 Å². The van der Waals surface area contributed by atoms with Crippen LogP contribution in [0.15, 0.2) is 47.1 Å². The van der Waals surface area contributed by atoms with Crippen LogP contribution in [-0.2, 0) is 17.6 Å². The summed E-state index contributed by atoms with van der Waals surface area (Å²) in [6.07, 6.45) is 4.01. The molecule has 1 amide bonds. The number of piperazine rings is 1. The number of nitrogens with zero attached hydrogens (tertiary/aromatic N) is 2. The van der Waals surface area contributed by atoms with Crippen LogP contribution >= 0.6 is 0 Å². The van der Waals surface area contributed by atoms with Gasteiger partial charge < -0.3 is 9.32 Å². The van der Waals surface area contributed by atoms with Gasteiger partial charge in [-0.2, -0.15) is 0 Å². The van der Waals surface area contributed by atoms with E-state index in [1.54, 1.807) is 6.26 Å². The zero-order valence-electron chi connectivity index (χ0n) is 13.3. The number of hydrogen-bond acceptors (Lipinski definition) is 3. The summed E-state index contributed by atoms with van der Waals surface area (Å²) >= 11 is 0. The maximum Gasteiger partial charge on any atom is 0.223 e. The first kappa shape index (κ1) is 14.5. The normalized spacial score (nSPS) is 20.9. The molecule has 1 fully saturated rings. The van der Waals surface area contributed by atoms with Crippen molar-refractivity contribution in [3.63, 3.8) is 0 Å². The quantitative estimate of drug-likeness (QED) is 0.874. The Balaban J connectivity index is 1.44. The molecule has 0 spiro atoms. The summed E-state index contributed by atoms with van der Waals surface area (Å²) in [5.74, 6) is 1.13. The minimum Gasteiger partial charge on any atom is -0.469 e. The van der Waals surface area contributed by atoms with Crippen LogP contribution in [0.2, 0.25) is 0 Å². The van der Waals surface area contributed by atoms with E-state index >= 15 is 0 Å². The van der Waals surface area contributed by atoms with Crippen LogP contribution < -0.4 is 0 Å². The van der Waals surface area contributed by atoms with E-state index < -0.39 is 0 Å². The maximum absolute atomic E-state index is 12.5. The third kappa shape index (κ3) is 2.91. The van der Waals surface area contributed by atoms with Crippen LogP contribution in [-0.4, -0.2) is 41.9 Å². The third-order valence-corrected chi connectivity index (χ3v) is 5.09. The highest BCUT2D eigenvalue weighted by molar-refractivity contribution is 5.76. The first-order valence-corrected chi connectivity index (χ1v) is 8.43. The van der Waals surface area contributed by atoms with Gasteiger partial charge >= 0.3 is 0 Å². The van der Waals surface area contributed by atoms with Gasteiger partial charge in [0.05, 0.1) is 12.3 Å². The first-order valence-electron chi connectivity index (χ1n) is 8.43. The van der Waals surface area contributed by atoms with Crippen LogP contribution in [0, 0.1) is 0 Å². The molecular formula is C19H22N2O2. The third-order valence-electron chi connectivity index (χ3n) is 5.09. The largest absolute Gasteiger partial charge is 0.469 e. The number of carbonyl (C=O) groups is 1. The van der Waals surface area contributed by atoms with Crippen molar-refractivity contribution < 1.29 is 9.21 Å². The lowest BCUT2D eigenvalue weighted by Gasteiger charge is -2.45. The second kappa shape index (κ2) is 6.20. The molecule has 2 aliphatic heterocycles. The van der Waals surface area contributed by atoms with E-state index in [1.165, 1.54) is 11.1 Å². The van der Waals surface area contributed by atoms with Crippen LogP contribution in [0.1, 0.15) is 29.3 Å². The molecule has 2 aromatic rings. The van der Waals surface area contributed by atoms with E-state index in [2.05, 4.69) is 29.2 Å². The molecule has 4 rings (SSSR count). The number of furan rings is 1. The average Bonchev–Trinajstić information content (AvgIpc) is 3.12.